The number of rotatable bonds is 4. The van der Waals surface area contributed by atoms with Crippen LogP contribution in [-0.4, -0.2) is 55.6 Å². The largest absolute Gasteiger partial charge is 0.352 e. The van der Waals surface area contributed by atoms with E-state index in [4.69, 9.17) is 15.0 Å². The summed E-state index contributed by atoms with van der Waals surface area (Å²) in [6.45, 7) is 10.2. The molecule has 0 aliphatic carbocycles. The average Bonchev–Trinajstić information content (AvgIpc) is 3.45. The van der Waals surface area contributed by atoms with Gasteiger partial charge in [-0.15, -0.1) is 11.3 Å². The van der Waals surface area contributed by atoms with Gasteiger partial charge in [0.25, 0.3) is 0 Å². The minimum Gasteiger partial charge on any atom is -0.352 e. The number of aromatic nitrogens is 5. The smallest absolute Gasteiger partial charge is 0.156 e. The quantitative estimate of drug-likeness (QED) is 0.324. The molecule has 8 heteroatoms. The molecule has 0 bridgehead atoms. The average molecular weight is 510 g/mol. The zero-order chi connectivity index (χ0) is 24.9. The Balaban J connectivity index is 1.20. The standard InChI is InChI=1S/C29H31N7S/c1-19-20(2)37-29(33-19)25-24-9-5-6-12-36(24)27-26(25)31-18-32-28(27)35-15-13-34(14-16-35)17-21-10-11-30-23-8-4-3-7-22(21)23/h3-4,7-8,10-11,18H,5-6,9,12-17H2,1-2H3. The molecule has 1 saturated heterocycles. The Morgan fingerprint density at radius 3 is 2.62 bits per heavy atom. The van der Waals surface area contributed by atoms with Crippen molar-refractivity contribution >= 4 is 39.1 Å². The van der Waals surface area contributed by atoms with Crippen LogP contribution < -0.4 is 4.90 Å². The number of anilines is 1. The summed E-state index contributed by atoms with van der Waals surface area (Å²) in [5.74, 6) is 1.08. The first-order valence-electron chi connectivity index (χ1n) is 13.3. The van der Waals surface area contributed by atoms with Crippen LogP contribution in [0.4, 0.5) is 5.82 Å². The van der Waals surface area contributed by atoms with Gasteiger partial charge in [0, 0.05) is 61.4 Å². The maximum atomic E-state index is 4.94. The number of aryl methyl sites for hydroxylation is 3. The number of hydrogen-bond donors (Lipinski definition) is 0. The second-order valence-electron chi connectivity index (χ2n) is 10.2. The Kier molecular flexibility index (Phi) is 5.66. The molecule has 5 aromatic rings. The third kappa shape index (κ3) is 3.90. The summed E-state index contributed by atoms with van der Waals surface area (Å²) in [5.41, 5.74) is 8.44. The molecule has 6 heterocycles. The van der Waals surface area contributed by atoms with E-state index in [0.717, 1.165) is 73.2 Å². The second-order valence-corrected chi connectivity index (χ2v) is 11.4. The topological polar surface area (TPSA) is 63.0 Å². The molecule has 0 N–H and O–H groups in total. The van der Waals surface area contributed by atoms with E-state index in [0.29, 0.717) is 0 Å². The summed E-state index contributed by atoms with van der Waals surface area (Å²) >= 11 is 1.79. The van der Waals surface area contributed by atoms with Crippen LogP contribution in [0.1, 0.15) is 34.7 Å². The first-order chi connectivity index (χ1) is 18.2. The summed E-state index contributed by atoms with van der Waals surface area (Å²) in [5, 5.41) is 2.36. The molecule has 7 nitrogen and oxygen atoms in total. The molecule has 2 aliphatic heterocycles. The normalized spacial score (nSPS) is 16.5. The lowest BCUT2D eigenvalue weighted by Gasteiger charge is -2.36. The summed E-state index contributed by atoms with van der Waals surface area (Å²) in [7, 11) is 0. The molecule has 0 amide bonds. The fourth-order valence-corrected chi connectivity index (χ4v) is 6.95. The molecule has 0 saturated carbocycles. The molecule has 0 spiro atoms. The third-order valence-corrected chi connectivity index (χ3v) is 9.11. The van der Waals surface area contributed by atoms with Crippen LogP contribution in [0.25, 0.3) is 32.5 Å². The molecule has 1 aromatic carbocycles. The number of nitrogens with zero attached hydrogens (tertiary/aromatic N) is 7. The van der Waals surface area contributed by atoms with E-state index in [1.165, 1.54) is 45.4 Å². The van der Waals surface area contributed by atoms with Gasteiger partial charge in [0.15, 0.2) is 5.82 Å². The molecule has 2 aliphatic rings. The van der Waals surface area contributed by atoms with E-state index in [1.54, 1.807) is 17.7 Å². The molecule has 0 atom stereocenters. The van der Waals surface area contributed by atoms with Crippen LogP contribution >= 0.6 is 11.3 Å². The Morgan fingerprint density at radius 2 is 1.78 bits per heavy atom. The minimum atomic E-state index is 0.948. The number of hydrogen-bond acceptors (Lipinski definition) is 7. The number of pyridine rings is 1. The molecule has 7 rings (SSSR count). The van der Waals surface area contributed by atoms with Crippen molar-refractivity contribution in [3.63, 3.8) is 0 Å². The molecular weight excluding hydrogens is 478 g/mol. The van der Waals surface area contributed by atoms with Crippen molar-refractivity contribution in [3.05, 3.63) is 64.7 Å². The lowest BCUT2D eigenvalue weighted by molar-refractivity contribution is 0.250. The zero-order valence-electron chi connectivity index (χ0n) is 21.4. The van der Waals surface area contributed by atoms with E-state index in [9.17, 15) is 0 Å². The van der Waals surface area contributed by atoms with Gasteiger partial charge in [-0.25, -0.2) is 15.0 Å². The van der Waals surface area contributed by atoms with Crippen molar-refractivity contribution in [2.75, 3.05) is 31.1 Å². The lowest BCUT2D eigenvalue weighted by atomic mass is 10.1. The van der Waals surface area contributed by atoms with Crippen LogP contribution in [0.3, 0.4) is 0 Å². The van der Waals surface area contributed by atoms with Crippen molar-refractivity contribution in [2.24, 2.45) is 0 Å². The maximum Gasteiger partial charge on any atom is 0.156 e. The van der Waals surface area contributed by atoms with Crippen LogP contribution in [0, 0.1) is 13.8 Å². The van der Waals surface area contributed by atoms with E-state index < -0.39 is 0 Å². The third-order valence-electron chi connectivity index (χ3n) is 8.02. The monoisotopic (exact) mass is 509 g/mol. The highest BCUT2D eigenvalue weighted by molar-refractivity contribution is 7.15. The molecular formula is C29H31N7S. The number of piperazine rings is 1. The second kappa shape index (κ2) is 9.19. The van der Waals surface area contributed by atoms with E-state index in [1.807, 2.05) is 6.20 Å². The van der Waals surface area contributed by atoms with Gasteiger partial charge in [0.05, 0.1) is 16.8 Å². The summed E-state index contributed by atoms with van der Waals surface area (Å²) in [4.78, 5) is 25.5. The number of thiazole rings is 1. The first-order valence-corrected chi connectivity index (χ1v) is 14.1. The minimum absolute atomic E-state index is 0.948. The summed E-state index contributed by atoms with van der Waals surface area (Å²) in [6.07, 6.45) is 7.20. The highest BCUT2D eigenvalue weighted by atomic mass is 32.1. The Hall–Kier alpha value is -3.36. The van der Waals surface area contributed by atoms with E-state index in [2.05, 4.69) is 63.5 Å². The Morgan fingerprint density at radius 1 is 0.919 bits per heavy atom. The predicted molar refractivity (Wildman–Crippen MR) is 150 cm³/mol. The fourth-order valence-electron chi connectivity index (χ4n) is 5.96. The van der Waals surface area contributed by atoms with Crippen molar-refractivity contribution in [3.8, 4) is 10.6 Å². The molecule has 4 aromatic heterocycles. The molecule has 188 valence electrons. The van der Waals surface area contributed by atoms with Crippen LogP contribution in [-0.2, 0) is 19.5 Å². The Bertz CT molecular complexity index is 1590. The van der Waals surface area contributed by atoms with E-state index >= 15 is 0 Å². The molecule has 1 fully saturated rings. The number of para-hydroxylation sites is 1. The molecule has 37 heavy (non-hydrogen) atoms. The highest BCUT2D eigenvalue weighted by Crippen LogP contribution is 2.41. The van der Waals surface area contributed by atoms with Gasteiger partial charge >= 0.3 is 0 Å². The predicted octanol–water partition coefficient (Wildman–Crippen LogP) is 5.38. The van der Waals surface area contributed by atoms with Gasteiger partial charge in [-0.2, -0.15) is 0 Å². The van der Waals surface area contributed by atoms with Crippen molar-refractivity contribution in [1.29, 1.82) is 0 Å². The molecule has 0 unspecified atom stereocenters. The first kappa shape index (κ1) is 22.8. The van der Waals surface area contributed by atoms with Gasteiger partial charge in [-0.05, 0) is 50.8 Å². The summed E-state index contributed by atoms with van der Waals surface area (Å²) < 4.78 is 2.51. The number of benzene rings is 1. The van der Waals surface area contributed by atoms with Gasteiger partial charge in [0.1, 0.15) is 22.4 Å². The SMILES string of the molecule is Cc1nc(-c2c3n(c4c(N5CCN(Cc6ccnc7ccccc67)CC5)ncnc24)CCCC3)sc1C. The fraction of sp³-hybridized carbons (Fsp3) is 0.379. The van der Waals surface area contributed by atoms with Crippen LogP contribution in [0.5, 0.6) is 0 Å². The van der Waals surface area contributed by atoms with Crippen molar-refractivity contribution in [1.82, 2.24) is 29.4 Å². The van der Waals surface area contributed by atoms with Crippen molar-refractivity contribution in [2.45, 2.75) is 46.2 Å². The van der Waals surface area contributed by atoms with Crippen molar-refractivity contribution < 1.29 is 0 Å². The zero-order valence-corrected chi connectivity index (χ0v) is 22.3. The molecule has 0 radical (unpaired) electrons. The Labute approximate surface area is 220 Å². The highest BCUT2D eigenvalue weighted by Gasteiger charge is 2.29. The van der Waals surface area contributed by atoms with Crippen LogP contribution in [0.2, 0.25) is 0 Å². The van der Waals surface area contributed by atoms with Crippen LogP contribution in [0.15, 0.2) is 42.9 Å². The van der Waals surface area contributed by atoms with Gasteiger partial charge in [0.2, 0.25) is 0 Å². The summed E-state index contributed by atoms with van der Waals surface area (Å²) in [6, 6.07) is 10.6. The maximum absolute atomic E-state index is 4.94. The van der Waals surface area contributed by atoms with Gasteiger partial charge in [-0.1, -0.05) is 18.2 Å². The van der Waals surface area contributed by atoms with Gasteiger partial charge in [-0.3, -0.25) is 9.88 Å². The van der Waals surface area contributed by atoms with E-state index in [-0.39, 0.29) is 0 Å². The lowest BCUT2D eigenvalue weighted by Crippen LogP contribution is -2.46. The van der Waals surface area contributed by atoms with Gasteiger partial charge < -0.3 is 9.47 Å². The number of fused-ring (bicyclic) bond motifs is 4.